The molecule has 0 radical (unpaired) electrons. The van der Waals surface area contributed by atoms with Gasteiger partial charge >= 0.3 is 0 Å². The fourth-order valence-corrected chi connectivity index (χ4v) is 8.16. The van der Waals surface area contributed by atoms with Gasteiger partial charge in [-0.15, -0.1) is 11.8 Å². The molecule has 0 saturated carbocycles. The van der Waals surface area contributed by atoms with Crippen molar-refractivity contribution in [3.63, 3.8) is 0 Å². The number of nitrogens with one attached hydrogen (secondary N) is 1. The maximum atomic E-state index is 13.6. The summed E-state index contributed by atoms with van der Waals surface area (Å²) < 4.78 is 28.5. The van der Waals surface area contributed by atoms with Gasteiger partial charge in [0.05, 0.1) is 17.0 Å². The van der Waals surface area contributed by atoms with Gasteiger partial charge in [0.15, 0.2) is 0 Å². The summed E-state index contributed by atoms with van der Waals surface area (Å²) in [5, 5.41) is 12.2. The SMILES string of the molecule is O=C(NC(CCN1CCC(O)C1)c1ccccc1)C1SCCN1S(=O)(=O)c1ccc(-c2ccccc2)cc1. The van der Waals surface area contributed by atoms with Crippen LogP contribution in [0, 0.1) is 0 Å². The van der Waals surface area contributed by atoms with Crippen molar-refractivity contribution in [1.82, 2.24) is 14.5 Å². The quantitative estimate of drug-likeness (QED) is 0.421. The third-order valence-electron chi connectivity index (χ3n) is 7.14. The van der Waals surface area contributed by atoms with Crippen molar-refractivity contribution in [1.29, 1.82) is 0 Å². The number of benzene rings is 3. The van der Waals surface area contributed by atoms with Gasteiger partial charge in [0, 0.05) is 31.9 Å². The molecule has 5 rings (SSSR count). The van der Waals surface area contributed by atoms with Crippen LogP contribution < -0.4 is 5.32 Å². The zero-order chi connectivity index (χ0) is 26.5. The standard InChI is InChI=1S/C29H33N3O4S2/c33-25-15-17-31(21-25)18-16-27(24-9-5-2-6-10-24)30-28(34)29-32(19-20-37-29)38(35,36)26-13-11-23(12-14-26)22-7-3-1-4-8-22/h1-14,25,27,29,33H,15-21H2,(H,30,34). The lowest BCUT2D eigenvalue weighted by Gasteiger charge is -2.27. The van der Waals surface area contributed by atoms with Gasteiger partial charge in [-0.1, -0.05) is 72.8 Å². The van der Waals surface area contributed by atoms with Crippen LogP contribution in [0.3, 0.4) is 0 Å². The highest BCUT2D eigenvalue weighted by Gasteiger charge is 2.40. The molecule has 3 unspecified atom stereocenters. The Morgan fingerprint density at radius 3 is 2.26 bits per heavy atom. The molecular formula is C29H33N3O4S2. The lowest BCUT2D eigenvalue weighted by molar-refractivity contribution is -0.123. The fraction of sp³-hybridized carbons (Fsp3) is 0.345. The first kappa shape index (κ1) is 26.9. The molecule has 0 aliphatic carbocycles. The molecule has 2 fully saturated rings. The number of aliphatic hydroxyl groups is 1. The molecule has 3 aromatic rings. The molecular weight excluding hydrogens is 518 g/mol. The van der Waals surface area contributed by atoms with E-state index in [2.05, 4.69) is 10.2 Å². The molecule has 200 valence electrons. The van der Waals surface area contributed by atoms with Gasteiger partial charge in [0.1, 0.15) is 5.37 Å². The van der Waals surface area contributed by atoms with Crippen molar-refractivity contribution in [3.8, 4) is 11.1 Å². The third kappa shape index (κ3) is 6.13. The fourth-order valence-electron chi connectivity index (χ4n) is 5.07. The number of likely N-dealkylation sites (tertiary alicyclic amines) is 1. The summed E-state index contributed by atoms with van der Waals surface area (Å²) in [7, 11) is -3.85. The van der Waals surface area contributed by atoms with Crippen LogP contribution in [0.2, 0.25) is 0 Å². The number of rotatable bonds is 9. The number of amides is 1. The highest BCUT2D eigenvalue weighted by Crippen LogP contribution is 2.32. The molecule has 7 nitrogen and oxygen atoms in total. The summed E-state index contributed by atoms with van der Waals surface area (Å²) in [6.07, 6.45) is 1.14. The Balaban J connectivity index is 1.30. The highest BCUT2D eigenvalue weighted by atomic mass is 32.2. The van der Waals surface area contributed by atoms with E-state index in [-0.39, 0.29) is 29.5 Å². The minimum Gasteiger partial charge on any atom is -0.392 e. The van der Waals surface area contributed by atoms with Crippen molar-refractivity contribution in [2.75, 3.05) is 31.9 Å². The van der Waals surface area contributed by atoms with Gasteiger partial charge in [-0.3, -0.25) is 4.79 Å². The molecule has 0 spiro atoms. The van der Waals surface area contributed by atoms with Gasteiger partial charge in [0.2, 0.25) is 15.9 Å². The Morgan fingerprint density at radius 2 is 1.61 bits per heavy atom. The Hall–Kier alpha value is -2.69. The number of thioether (sulfide) groups is 1. The zero-order valence-electron chi connectivity index (χ0n) is 21.1. The monoisotopic (exact) mass is 551 g/mol. The van der Waals surface area contributed by atoms with E-state index in [0.717, 1.165) is 36.2 Å². The summed E-state index contributed by atoms with van der Waals surface area (Å²) in [5.74, 6) is 0.258. The summed E-state index contributed by atoms with van der Waals surface area (Å²) in [6, 6.07) is 26.2. The van der Waals surface area contributed by atoms with Crippen LogP contribution in [-0.2, 0) is 14.8 Å². The van der Waals surface area contributed by atoms with Gasteiger partial charge in [-0.25, -0.2) is 8.42 Å². The van der Waals surface area contributed by atoms with Crippen molar-refractivity contribution >= 4 is 27.7 Å². The number of hydrogen-bond acceptors (Lipinski definition) is 6. The van der Waals surface area contributed by atoms with Crippen LogP contribution in [0.15, 0.2) is 89.8 Å². The van der Waals surface area contributed by atoms with Crippen LogP contribution in [0.25, 0.3) is 11.1 Å². The number of hydrogen-bond donors (Lipinski definition) is 2. The van der Waals surface area contributed by atoms with Crippen LogP contribution >= 0.6 is 11.8 Å². The lowest BCUT2D eigenvalue weighted by atomic mass is 10.0. The first-order valence-electron chi connectivity index (χ1n) is 13.0. The molecule has 3 atom stereocenters. The van der Waals surface area contributed by atoms with E-state index in [1.165, 1.54) is 16.1 Å². The first-order valence-corrected chi connectivity index (χ1v) is 15.5. The summed E-state index contributed by atoms with van der Waals surface area (Å²) >= 11 is 1.35. The van der Waals surface area contributed by atoms with E-state index in [4.69, 9.17) is 0 Å². The Kier molecular flexibility index (Phi) is 8.50. The van der Waals surface area contributed by atoms with Crippen LogP contribution in [0.4, 0.5) is 0 Å². The Labute approximate surface area is 228 Å². The number of carbonyl (C=O) groups is 1. The predicted molar refractivity (Wildman–Crippen MR) is 151 cm³/mol. The second-order valence-electron chi connectivity index (χ2n) is 9.73. The minimum absolute atomic E-state index is 0.185. The number of sulfonamides is 1. The Morgan fingerprint density at radius 1 is 0.947 bits per heavy atom. The first-order chi connectivity index (χ1) is 18.4. The second kappa shape index (κ2) is 12.0. The third-order valence-corrected chi connectivity index (χ3v) is 10.4. The average Bonchev–Trinajstić information content (AvgIpc) is 3.62. The number of β-amino-alcohol motifs (C(OH)–C–C–N with tert-alkyl or cyclic N) is 1. The van der Waals surface area contributed by atoms with Crippen molar-refractivity contribution in [2.45, 2.75) is 35.3 Å². The molecule has 1 amide bonds. The van der Waals surface area contributed by atoms with Crippen molar-refractivity contribution < 1.29 is 18.3 Å². The second-order valence-corrected chi connectivity index (χ2v) is 12.8. The van der Waals surface area contributed by atoms with Crippen LogP contribution in [-0.4, -0.2) is 72.0 Å². The molecule has 0 aromatic heterocycles. The minimum atomic E-state index is -3.85. The van der Waals surface area contributed by atoms with E-state index < -0.39 is 15.4 Å². The molecule has 2 heterocycles. The van der Waals surface area contributed by atoms with Crippen molar-refractivity contribution in [2.24, 2.45) is 0 Å². The van der Waals surface area contributed by atoms with Gasteiger partial charge in [-0.05, 0) is 41.7 Å². The molecule has 2 saturated heterocycles. The Bertz CT molecular complexity index is 1320. The predicted octanol–water partition coefficient (Wildman–Crippen LogP) is 3.73. The van der Waals surface area contributed by atoms with E-state index in [1.807, 2.05) is 60.7 Å². The zero-order valence-corrected chi connectivity index (χ0v) is 22.8. The molecule has 2 aliphatic heterocycles. The maximum Gasteiger partial charge on any atom is 0.249 e. The van der Waals surface area contributed by atoms with E-state index >= 15 is 0 Å². The number of carbonyl (C=O) groups excluding carboxylic acids is 1. The van der Waals surface area contributed by atoms with E-state index in [0.29, 0.717) is 18.7 Å². The summed E-state index contributed by atoms with van der Waals surface area (Å²) in [4.78, 5) is 15.9. The highest BCUT2D eigenvalue weighted by molar-refractivity contribution is 8.02. The van der Waals surface area contributed by atoms with Gasteiger partial charge < -0.3 is 15.3 Å². The average molecular weight is 552 g/mol. The van der Waals surface area contributed by atoms with Gasteiger partial charge in [0.25, 0.3) is 0 Å². The number of nitrogens with zero attached hydrogens (tertiary/aromatic N) is 2. The van der Waals surface area contributed by atoms with Crippen molar-refractivity contribution in [3.05, 3.63) is 90.5 Å². The smallest absolute Gasteiger partial charge is 0.249 e. The molecule has 9 heteroatoms. The molecule has 3 aromatic carbocycles. The van der Waals surface area contributed by atoms with E-state index in [1.54, 1.807) is 24.3 Å². The number of aliphatic hydroxyl groups excluding tert-OH is 1. The van der Waals surface area contributed by atoms with Crippen LogP contribution in [0.5, 0.6) is 0 Å². The maximum absolute atomic E-state index is 13.6. The summed E-state index contributed by atoms with van der Waals surface area (Å²) in [5.41, 5.74) is 2.93. The topological polar surface area (TPSA) is 90.0 Å². The van der Waals surface area contributed by atoms with Gasteiger partial charge in [-0.2, -0.15) is 4.31 Å². The summed E-state index contributed by atoms with van der Waals surface area (Å²) in [6.45, 7) is 2.50. The van der Waals surface area contributed by atoms with Crippen LogP contribution in [0.1, 0.15) is 24.4 Å². The molecule has 2 N–H and O–H groups in total. The normalized spacial score (nSPS) is 21.4. The molecule has 2 aliphatic rings. The largest absolute Gasteiger partial charge is 0.392 e. The molecule has 0 bridgehead atoms. The van der Waals surface area contributed by atoms with E-state index in [9.17, 15) is 18.3 Å². The lowest BCUT2D eigenvalue weighted by Crippen LogP contribution is -2.46. The molecule has 38 heavy (non-hydrogen) atoms.